The molecule has 1 aromatic carbocycles. The lowest BCUT2D eigenvalue weighted by Gasteiger charge is -2.08. The summed E-state index contributed by atoms with van der Waals surface area (Å²) in [6.07, 6.45) is 2.58. The highest BCUT2D eigenvalue weighted by Crippen LogP contribution is 2.08. The summed E-state index contributed by atoms with van der Waals surface area (Å²) in [5.74, 6) is -0.575. The molecule has 0 fully saturated rings. The second kappa shape index (κ2) is 6.83. The van der Waals surface area contributed by atoms with Crippen molar-refractivity contribution in [1.29, 1.82) is 0 Å². The lowest BCUT2D eigenvalue weighted by atomic mass is 10.3. The summed E-state index contributed by atoms with van der Waals surface area (Å²) in [7, 11) is 1.25. The number of anilines is 2. The molecule has 0 aliphatic carbocycles. The average molecular weight is 338 g/mol. The van der Waals surface area contributed by atoms with Crippen LogP contribution in [0.3, 0.4) is 0 Å². The lowest BCUT2D eigenvalue weighted by Crippen LogP contribution is -2.26. The summed E-state index contributed by atoms with van der Waals surface area (Å²) in [5, 5.41) is 5.06. The molecule has 0 atom stereocenters. The highest BCUT2D eigenvalue weighted by atomic mass is 16.5. The van der Waals surface area contributed by atoms with Gasteiger partial charge in [-0.05, 0) is 24.3 Å². The summed E-state index contributed by atoms with van der Waals surface area (Å²) in [4.78, 5) is 40.2. The molecule has 8 nitrogen and oxygen atoms in total. The van der Waals surface area contributed by atoms with Crippen LogP contribution in [0.5, 0.6) is 0 Å². The molecule has 0 unspecified atom stereocenters. The molecule has 3 aromatic rings. The van der Waals surface area contributed by atoms with Gasteiger partial charge in [0.25, 0.3) is 5.56 Å². The van der Waals surface area contributed by atoms with Gasteiger partial charge in [0.05, 0.1) is 18.9 Å². The molecule has 25 heavy (non-hydrogen) atoms. The largest absolute Gasteiger partial charge is 0.465 e. The number of carbonyl (C=O) groups excluding carboxylic acids is 2. The van der Waals surface area contributed by atoms with Crippen LogP contribution in [0.15, 0.2) is 59.7 Å². The van der Waals surface area contributed by atoms with Crippen molar-refractivity contribution in [2.45, 2.75) is 0 Å². The first-order valence-electron chi connectivity index (χ1n) is 7.31. The minimum absolute atomic E-state index is 0.0204. The summed E-state index contributed by atoms with van der Waals surface area (Å²) in [5.41, 5.74) is 0.588. The molecule has 0 aliphatic rings. The van der Waals surface area contributed by atoms with Gasteiger partial charge in [0.15, 0.2) is 0 Å². The third kappa shape index (κ3) is 3.47. The molecule has 2 heterocycles. The predicted octanol–water partition coefficient (Wildman–Crippen LogP) is 2.13. The number of fused-ring (bicyclic) bond motifs is 1. The predicted molar refractivity (Wildman–Crippen MR) is 91.9 cm³/mol. The van der Waals surface area contributed by atoms with Crippen molar-refractivity contribution in [1.82, 2.24) is 9.38 Å². The lowest BCUT2D eigenvalue weighted by molar-refractivity contribution is 0.0600. The highest BCUT2D eigenvalue weighted by Gasteiger charge is 2.11. The van der Waals surface area contributed by atoms with Crippen LogP contribution in [0, 0.1) is 0 Å². The fourth-order valence-corrected chi connectivity index (χ4v) is 2.21. The minimum atomic E-state index is -0.575. The Hall–Kier alpha value is -3.68. The first-order valence-corrected chi connectivity index (χ1v) is 7.31. The van der Waals surface area contributed by atoms with Crippen molar-refractivity contribution in [3.05, 3.63) is 70.8 Å². The molecule has 0 saturated heterocycles. The van der Waals surface area contributed by atoms with E-state index in [4.69, 9.17) is 0 Å². The number of rotatable bonds is 3. The van der Waals surface area contributed by atoms with E-state index in [1.165, 1.54) is 36.0 Å². The fraction of sp³-hybridized carbons (Fsp3) is 0.0588. The van der Waals surface area contributed by atoms with Gasteiger partial charge in [-0.15, -0.1) is 0 Å². The van der Waals surface area contributed by atoms with Crippen LogP contribution in [0.4, 0.5) is 16.2 Å². The molecule has 2 amide bonds. The Balaban J connectivity index is 1.89. The highest BCUT2D eigenvalue weighted by molar-refractivity contribution is 5.99. The monoisotopic (exact) mass is 338 g/mol. The molecule has 0 bridgehead atoms. The number of hydrogen-bond donors (Lipinski definition) is 2. The second-order valence-electron chi connectivity index (χ2n) is 5.06. The van der Waals surface area contributed by atoms with Crippen LogP contribution in [0.1, 0.15) is 10.4 Å². The van der Waals surface area contributed by atoms with Gasteiger partial charge in [0.2, 0.25) is 0 Å². The quantitative estimate of drug-likeness (QED) is 0.712. The Bertz CT molecular complexity index is 998. The zero-order valence-corrected chi connectivity index (χ0v) is 13.2. The van der Waals surface area contributed by atoms with Crippen molar-refractivity contribution in [2.75, 3.05) is 17.7 Å². The van der Waals surface area contributed by atoms with Crippen LogP contribution in [-0.2, 0) is 4.74 Å². The fourth-order valence-electron chi connectivity index (χ4n) is 2.21. The number of para-hydroxylation sites is 1. The number of carbonyl (C=O) groups is 2. The van der Waals surface area contributed by atoms with E-state index in [2.05, 4.69) is 20.4 Å². The summed E-state index contributed by atoms with van der Waals surface area (Å²) in [6, 6.07) is 11.2. The number of methoxy groups -OCH3 is 1. The van der Waals surface area contributed by atoms with Gasteiger partial charge >= 0.3 is 12.0 Å². The zero-order valence-electron chi connectivity index (χ0n) is 13.2. The van der Waals surface area contributed by atoms with Gasteiger partial charge in [-0.3, -0.25) is 9.20 Å². The van der Waals surface area contributed by atoms with E-state index < -0.39 is 17.6 Å². The van der Waals surface area contributed by atoms with Gasteiger partial charge in [0.1, 0.15) is 11.3 Å². The van der Waals surface area contributed by atoms with Crippen molar-refractivity contribution in [3.63, 3.8) is 0 Å². The Labute approximate surface area is 142 Å². The summed E-state index contributed by atoms with van der Waals surface area (Å²) >= 11 is 0. The number of nitrogens with one attached hydrogen (secondary N) is 2. The van der Waals surface area contributed by atoms with Crippen molar-refractivity contribution in [3.8, 4) is 0 Å². The van der Waals surface area contributed by atoms with Gasteiger partial charge in [0, 0.05) is 11.9 Å². The molecule has 0 spiro atoms. The van der Waals surface area contributed by atoms with E-state index in [1.807, 2.05) is 6.07 Å². The standard InChI is InChI=1S/C17H14N4O4/c1-25-16(23)11-7-8-14-18-9-13(15(22)21(14)10-11)20-17(24)19-12-5-3-2-4-6-12/h2-10H,1H3,(H2,19,20,24). The number of amides is 2. The number of urea groups is 1. The summed E-state index contributed by atoms with van der Waals surface area (Å²) < 4.78 is 5.80. The number of esters is 1. The molecule has 2 aromatic heterocycles. The van der Waals surface area contributed by atoms with Gasteiger partial charge in [-0.1, -0.05) is 18.2 Å². The molecule has 0 aliphatic heterocycles. The summed E-state index contributed by atoms with van der Waals surface area (Å²) in [6.45, 7) is 0. The number of aromatic nitrogens is 2. The Kier molecular flexibility index (Phi) is 4.42. The maximum atomic E-state index is 12.5. The molecular weight excluding hydrogens is 324 g/mol. The maximum Gasteiger partial charge on any atom is 0.339 e. The van der Waals surface area contributed by atoms with Crippen LogP contribution >= 0.6 is 0 Å². The van der Waals surface area contributed by atoms with Gasteiger partial charge in [-0.25, -0.2) is 14.6 Å². The third-order valence-electron chi connectivity index (χ3n) is 3.40. The topological polar surface area (TPSA) is 102 Å². The first kappa shape index (κ1) is 16.2. The van der Waals surface area contributed by atoms with Crippen molar-refractivity contribution in [2.24, 2.45) is 0 Å². The molecule has 3 rings (SSSR count). The number of benzene rings is 1. The minimum Gasteiger partial charge on any atom is -0.465 e. The normalized spacial score (nSPS) is 10.3. The molecule has 2 N–H and O–H groups in total. The number of pyridine rings is 1. The number of nitrogens with zero attached hydrogens (tertiary/aromatic N) is 2. The SMILES string of the molecule is COC(=O)c1ccc2ncc(NC(=O)Nc3ccccc3)c(=O)n2c1. The maximum absolute atomic E-state index is 12.5. The van der Waals surface area contributed by atoms with E-state index >= 15 is 0 Å². The van der Waals surface area contributed by atoms with Gasteiger partial charge in [-0.2, -0.15) is 0 Å². The molecule has 0 radical (unpaired) electrons. The van der Waals surface area contributed by atoms with Crippen molar-refractivity contribution >= 4 is 29.0 Å². The number of ether oxygens (including phenoxy) is 1. The molecular formula is C17H14N4O4. The third-order valence-corrected chi connectivity index (χ3v) is 3.40. The van der Waals surface area contributed by atoms with E-state index in [1.54, 1.807) is 24.3 Å². The first-order chi connectivity index (χ1) is 12.1. The molecule has 126 valence electrons. The van der Waals surface area contributed by atoms with E-state index in [0.29, 0.717) is 11.3 Å². The number of hydrogen-bond acceptors (Lipinski definition) is 5. The van der Waals surface area contributed by atoms with Crippen LogP contribution in [-0.4, -0.2) is 28.5 Å². The average Bonchev–Trinajstić information content (AvgIpc) is 2.64. The van der Waals surface area contributed by atoms with E-state index in [-0.39, 0.29) is 11.3 Å². The Morgan fingerprint density at radius 1 is 1.08 bits per heavy atom. The van der Waals surface area contributed by atoms with Crippen LogP contribution < -0.4 is 16.2 Å². The van der Waals surface area contributed by atoms with Gasteiger partial charge < -0.3 is 15.4 Å². The van der Waals surface area contributed by atoms with Crippen molar-refractivity contribution < 1.29 is 14.3 Å². The molecule has 0 saturated carbocycles. The smallest absolute Gasteiger partial charge is 0.339 e. The van der Waals surface area contributed by atoms with Crippen LogP contribution in [0.2, 0.25) is 0 Å². The van der Waals surface area contributed by atoms with E-state index in [9.17, 15) is 14.4 Å². The second-order valence-corrected chi connectivity index (χ2v) is 5.06. The Morgan fingerprint density at radius 2 is 1.84 bits per heavy atom. The molecule has 8 heteroatoms. The van der Waals surface area contributed by atoms with Crippen LogP contribution in [0.25, 0.3) is 5.65 Å². The van der Waals surface area contributed by atoms with E-state index in [0.717, 1.165) is 0 Å². The Morgan fingerprint density at radius 3 is 2.56 bits per heavy atom. The zero-order chi connectivity index (χ0) is 17.8.